The Kier molecular flexibility index (Phi) is 4.17. The van der Waals surface area contributed by atoms with Gasteiger partial charge in [-0.25, -0.2) is 4.98 Å². The topological polar surface area (TPSA) is 67.3 Å². The van der Waals surface area contributed by atoms with Crippen LogP contribution in [0.25, 0.3) is 0 Å². The van der Waals surface area contributed by atoms with Crippen molar-refractivity contribution in [2.75, 3.05) is 19.0 Å². The first-order chi connectivity index (χ1) is 8.24. The van der Waals surface area contributed by atoms with E-state index in [1.54, 1.807) is 13.3 Å². The van der Waals surface area contributed by atoms with Crippen LogP contribution in [0.4, 0.5) is 5.95 Å². The van der Waals surface area contributed by atoms with E-state index >= 15 is 0 Å². The van der Waals surface area contributed by atoms with E-state index < -0.39 is 0 Å². The summed E-state index contributed by atoms with van der Waals surface area (Å²) in [6.45, 7) is 0.214. The molecule has 6 heteroatoms. The lowest BCUT2D eigenvalue weighted by atomic mass is 10.1. The van der Waals surface area contributed by atoms with E-state index in [2.05, 4.69) is 31.2 Å². The average molecular weight is 302 g/mol. The van der Waals surface area contributed by atoms with Gasteiger partial charge in [-0.1, -0.05) is 6.42 Å². The van der Waals surface area contributed by atoms with Gasteiger partial charge in [-0.05, 0) is 28.8 Å². The van der Waals surface area contributed by atoms with Crippen LogP contribution in [-0.4, -0.2) is 34.8 Å². The zero-order chi connectivity index (χ0) is 12.3. The quantitative estimate of drug-likeness (QED) is 0.888. The molecule has 1 aromatic heterocycles. The van der Waals surface area contributed by atoms with Gasteiger partial charge in [-0.15, -0.1) is 0 Å². The van der Waals surface area contributed by atoms with Crippen molar-refractivity contribution in [2.45, 2.75) is 25.3 Å². The molecule has 5 nitrogen and oxygen atoms in total. The van der Waals surface area contributed by atoms with Crippen LogP contribution >= 0.6 is 15.9 Å². The number of aliphatic hydroxyl groups excluding tert-OH is 1. The molecule has 0 amide bonds. The molecule has 2 N–H and O–H groups in total. The molecule has 1 aliphatic carbocycles. The third-order valence-corrected chi connectivity index (χ3v) is 3.66. The molecule has 0 radical (unpaired) electrons. The molecule has 0 spiro atoms. The number of ether oxygens (including phenoxy) is 1. The van der Waals surface area contributed by atoms with Crippen LogP contribution in [0.2, 0.25) is 0 Å². The van der Waals surface area contributed by atoms with Gasteiger partial charge in [-0.2, -0.15) is 4.98 Å². The molecule has 0 aromatic carbocycles. The highest BCUT2D eigenvalue weighted by Gasteiger charge is 2.27. The largest absolute Gasteiger partial charge is 0.480 e. The maximum atomic E-state index is 9.25. The lowest BCUT2D eigenvalue weighted by molar-refractivity contribution is 0.222. The van der Waals surface area contributed by atoms with Crippen LogP contribution in [0.3, 0.4) is 0 Å². The zero-order valence-corrected chi connectivity index (χ0v) is 11.3. The number of hydrogen-bond donors (Lipinski definition) is 2. The molecule has 0 saturated heterocycles. The van der Waals surface area contributed by atoms with Crippen LogP contribution < -0.4 is 10.1 Å². The summed E-state index contributed by atoms with van der Waals surface area (Å²) in [5.74, 6) is 1.37. The van der Waals surface area contributed by atoms with Gasteiger partial charge >= 0.3 is 0 Å². The van der Waals surface area contributed by atoms with Crippen LogP contribution in [0.1, 0.15) is 19.3 Å². The normalized spacial score (nSPS) is 23.7. The number of aromatic nitrogens is 2. The zero-order valence-electron chi connectivity index (χ0n) is 9.69. The van der Waals surface area contributed by atoms with E-state index in [1.807, 2.05) is 0 Å². The van der Waals surface area contributed by atoms with Crippen molar-refractivity contribution in [3.63, 3.8) is 0 Å². The predicted molar refractivity (Wildman–Crippen MR) is 68.1 cm³/mol. The van der Waals surface area contributed by atoms with Crippen LogP contribution in [0, 0.1) is 5.92 Å². The molecule has 1 saturated carbocycles. The van der Waals surface area contributed by atoms with Gasteiger partial charge in [0.15, 0.2) is 0 Å². The second kappa shape index (κ2) is 5.64. The highest BCUT2D eigenvalue weighted by molar-refractivity contribution is 9.10. The van der Waals surface area contributed by atoms with Gasteiger partial charge < -0.3 is 15.2 Å². The number of halogens is 1. The molecule has 1 heterocycles. The highest BCUT2D eigenvalue weighted by atomic mass is 79.9. The van der Waals surface area contributed by atoms with Gasteiger partial charge in [0.2, 0.25) is 11.8 Å². The Labute approximate surface area is 109 Å². The van der Waals surface area contributed by atoms with Crippen LogP contribution in [0.5, 0.6) is 5.88 Å². The number of anilines is 1. The van der Waals surface area contributed by atoms with E-state index in [0.29, 0.717) is 17.7 Å². The Balaban J connectivity index is 2.08. The number of rotatable bonds is 4. The highest BCUT2D eigenvalue weighted by Crippen LogP contribution is 2.28. The number of aliphatic hydroxyl groups is 1. The van der Waals surface area contributed by atoms with Crippen molar-refractivity contribution in [3.8, 4) is 5.88 Å². The number of methoxy groups -OCH3 is 1. The molecule has 94 valence electrons. The van der Waals surface area contributed by atoms with Crippen molar-refractivity contribution in [1.29, 1.82) is 0 Å². The first-order valence-corrected chi connectivity index (χ1v) is 6.48. The Hall–Kier alpha value is -0.880. The molecular formula is C11H16BrN3O2. The lowest BCUT2D eigenvalue weighted by Crippen LogP contribution is -2.27. The van der Waals surface area contributed by atoms with Crippen molar-refractivity contribution >= 4 is 21.9 Å². The molecule has 2 atom stereocenters. The van der Waals surface area contributed by atoms with E-state index in [0.717, 1.165) is 23.7 Å². The predicted octanol–water partition coefficient (Wildman–Crippen LogP) is 1.82. The maximum Gasteiger partial charge on any atom is 0.232 e. The first-order valence-electron chi connectivity index (χ1n) is 5.68. The summed E-state index contributed by atoms with van der Waals surface area (Å²) in [6, 6.07) is 0.255. The third-order valence-electron chi connectivity index (χ3n) is 3.11. The van der Waals surface area contributed by atoms with Gasteiger partial charge in [0.1, 0.15) is 0 Å². The fourth-order valence-electron chi connectivity index (χ4n) is 2.18. The minimum Gasteiger partial charge on any atom is -0.480 e. The van der Waals surface area contributed by atoms with Gasteiger partial charge in [0.05, 0.1) is 17.8 Å². The summed E-state index contributed by atoms with van der Waals surface area (Å²) in [6.07, 6.45) is 4.91. The second-order valence-corrected chi connectivity index (χ2v) is 5.03. The minimum atomic E-state index is 0.214. The number of nitrogens with zero attached hydrogens (tertiary/aromatic N) is 2. The molecule has 2 rings (SSSR count). The summed E-state index contributed by atoms with van der Waals surface area (Å²) in [5.41, 5.74) is 0. The molecule has 2 unspecified atom stereocenters. The maximum absolute atomic E-state index is 9.25. The van der Waals surface area contributed by atoms with Crippen molar-refractivity contribution in [2.24, 2.45) is 5.92 Å². The summed E-state index contributed by atoms with van der Waals surface area (Å²) >= 11 is 3.31. The van der Waals surface area contributed by atoms with Crippen molar-refractivity contribution < 1.29 is 9.84 Å². The molecular weight excluding hydrogens is 286 g/mol. The fourth-order valence-corrected chi connectivity index (χ4v) is 2.53. The Bertz CT molecular complexity index is 389. The SMILES string of the molecule is COc1nc(NC2CCCC2CO)ncc1Br. The van der Waals surface area contributed by atoms with Gasteiger partial charge in [0.25, 0.3) is 0 Å². The molecule has 17 heavy (non-hydrogen) atoms. The average Bonchev–Trinajstić information content (AvgIpc) is 2.79. The smallest absolute Gasteiger partial charge is 0.232 e. The Morgan fingerprint density at radius 3 is 3.12 bits per heavy atom. The van der Waals surface area contributed by atoms with Crippen LogP contribution in [-0.2, 0) is 0 Å². The number of hydrogen-bond acceptors (Lipinski definition) is 5. The van der Waals surface area contributed by atoms with Crippen molar-refractivity contribution in [3.05, 3.63) is 10.7 Å². The lowest BCUT2D eigenvalue weighted by Gasteiger charge is -2.19. The van der Waals surface area contributed by atoms with Crippen LogP contribution in [0.15, 0.2) is 10.7 Å². The molecule has 1 aliphatic rings. The Morgan fingerprint density at radius 1 is 1.59 bits per heavy atom. The minimum absolute atomic E-state index is 0.214. The monoisotopic (exact) mass is 301 g/mol. The van der Waals surface area contributed by atoms with E-state index in [-0.39, 0.29) is 12.6 Å². The summed E-state index contributed by atoms with van der Waals surface area (Å²) < 4.78 is 5.85. The van der Waals surface area contributed by atoms with E-state index in [4.69, 9.17) is 4.74 Å². The van der Waals surface area contributed by atoms with Gasteiger partial charge in [0, 0.05) is 18.6 Å². The standard InChI is InChI=1S/C11H16BrN3O2/c1-17-10-8(12)5-13-11(15-10)14-9-4-2-3-7(9)6-16/h5,7,9,16H,2-4,6H2,1H3,(H,13,14,15). The molecule has 1 fully saturated rings. The number of nitrogens with one attached hydrogen (secondary N) is 1. The molecule has 1 aromatic rings. The summed E-state index contributed by atoms with van der Waals surface area (Å²) in [7, 11) is 1.57. The Morgan fingerprint density at radius 2 is 2.41 bits per heavy atom. The summed E-state index contributed by atoms with van der Waals surface area (Å²) in [5, 5.41) is 12.5. The van der Waals surface area contributed by atoms with Crippen molar-refractivity contribution in [1.82, 2.24) is 9.97 Å². The van der Waals surface area contributed by atoms with E-state index in [1.165, 1.54) is 0 Å². The summed E-state index contributed by atoms with van der Waals surface area (Å²) in [4.78, 5) is 8.44. The van der Waals surface area contributed by atoms with Gasteiger partial charge in [-0.3, -0.25) is 0 Å². The molecule has 0 bridgehead atoms. The fraction of sp³-hybridized carbons (Fsp3) is 0.636. The van der Waals surface area contributed by atoms with E-state index in [9.17, 15) is 5.11 Å². The first kappa shape index (κ1) is 12.6. The second-order valence-electron chi connectivity index (χ2n) is 4.18. The third kappa shape index (κ3) is 2.87. The molecule has 0 aliphatic heterocycles.